The molecule has 4 aliphatic carbocycles. The maximum atomic E-state index is 13.9. The summed E-state index contributed by atoms with van der Waals surface area (Å²) in [4.78, 5) is 77.2. The van der Waals surface area contributed by atoms with Crippen LogP contribution in [0.25, 0.3) is 0 Å². The molecule has 1 amide bonds. The van der Waals surface area contributed by atoms with Crippen molar-refractivity contribution in [3.8, 4) is 0 Å². The van der Waals surface area contributed by atoms with E-state index in [1.165, 1.54) is 24.5 Å². The predicted octanol–water partition coefficient (Wildman–Crippen LogP) is 2.85. The highest BCUT2D eigenvalue weighted by Gasteiger charge is 2.68. The number of hydrogen-bond acceptors (Lipinski definition) is 10. The Bertz CT molecular complexity index is 1270. The number of esters is 3. The number of likely N-dealkylation sites (tertiary alicyclic amines) is 1. The Morgan fingerprint density at radius 1 is 1.00 bits per heavy atom. The summed E-state index contributed by atoms with van der Waals surface area (Å²) in [5, 5.41) is 9.94. The summed E-state index contributed by atoms with van der Waals surface area (Å²) in [5.41, 5.74) is -0.818. The summed E-state index contributed by atoms with van der Waals surface area (Å²) in [6, 6.07) is -0.912. The van der Waals surface area contributed by atoms with Crippen LogP contribution in [-0.4, -0.2) is 83.4 Å². The molecule has 0 unspecified atom stereocenters. The molecule has 44 heavy (non-hydrogen) atoms. The number of fused-ring (bicyclic) bond motifs is 5. The number of allylic oxidation sites excluding steroid dienone is 1. The van der Waals surface area contributed by atoms with Crippen molar-refractivity contribution in [2.24, 2.45) is 28.6 Å². The first-order valence-corrected chi connectivity index (χ1v) is 15.9. The smallest absolute Gasteiger partial charge is 0.328 e. The first kappa shape index (κ1) is 32.3. The molecule has 8 atom stereocenters. The molecule has 0 aromatic carbocycles. The molecule has 5 rings (SSSR count). The molecule has 0 spiro atoms. The van der Waals surface area contributed by atoms with Crippen LogP contribution in [0.5, 0.6) is 0 Å². The minimum absolute atomic E-state index is 0.0342. The van der Waals surface area contributed by atoms with Crippen molar-refractivity contribution in [2.75, 3.05) is 20.3 Å². The molecule has 1 N–H and O–H groups in total. The van der Waals surface area contributed by atoms with Crippen LogP contribution in [0, 0.1) is 28.6 Å². The number of ketones is 2. The molecule has 0 aromatic rings. The lowest BCUT2D eigenvalue weighted by atomic mass is 9.46. The van der Waals surface area contributed by atoms with Crippen molar-refractivity contribution in [1.29, 1.82) is 0 Å². The maximum absolute atomic E-state index is 13.9. The Kier molecular flexibility index (Phi) is 8.83. The summed E-state index contributed by atoms with van der Waals surface area (Å²) >= 11 is 0. The van der Waals surface area contributed by atoms with E-state index in [0.717, 1.165) is 32.1 Å². The SMILES string of the molecule is COC(=O)[C@@H]1C[C@H](O)CN1C(=O)CCC(=O)OCC(=O)[C@@]1(OC(C)=O)CC[C@@H]2[C@@H]3CCC4=CC(=O)CC[C@]4(C)[C@H]3CC[C@@]21C. The molecule has 5 aliphatic rings. The van der Waals surface area contributed by atoms with Gasteiger partial charge in [0.2, 0.25) is 11.7 Å². The molecule has 1 aliphatic heterocycles. The number of hydrogen-bond donors (Lipinski definition) is 1. The summed E-state index contributed by atoms with van der Waals surface area (Å²) in [7, 11) is 1.20. The van der Waals surface area contributed by atoms with E-state index in [-0.39, 0.29) is 42.9 Å². The monoisotopic (exact) mass is 615 g/mol. The molecule has 4 fully saturated rings. The second kappa shape index (κ2) is 12.0. The van der Waals surface area contributed by atoms with Crippen molar-refractivity contribution in [2.45, 2.75) is 109 Å². The van der Waals surface area contributed by atoms with Crippen LogP contribution in [0.3, 0.4) is 0 Å². The van der Waals surface area contributed by atoms with Gasteiger partial charge in [0.1, 0.15) is 6.04 Å². The van der Waals surface area contributed by atoms with Crippen LogP contribution < -0.4 is 0 Å². The normalized spacial score (nSPS) is 37.7. The lowest BCUT2D eigenvalue weighted by molar-refractivity contribution is -0.191. The van der Waals surface area contributed by atoms with Gasteiger partial charge in [-0.2, -0.15) is 0 Å². The fourth-order valence-corrected chi connectivity index (χ4v) is 9.62. The van der Waals surface area contributed by atoms with Crippen molar-refractivity contribution < 1.29 is 48.1 Å². The van der Waals surface area contributed by atoms with Gasteiger partial charge in [0.25, 0.3) is 0 Å². The summed E-state index contributed by atoms with van der Waals surface area (Å²) in [5.74, 6) is -1.82. The van der Waals surface area contributed by atoms with Crippen LogP contribution in [0.2, 0.25) is 0 Å². The van der Waals surface area contributed by atoms with E-state index in [4.69, 9.17) is 14.2 Å². The second-order valence-electron chi connectivity index (χ2n) is 13.9. The molecular weight excluding hydrogens is 570 g/mol. The fraction of sp³-hybridized carbons (Fsp3) is 0.758. The van der Waals surface area contributed by atoms with Crippen molar-refractivity contribution in [1.82, 2.24) is 4.90 Å². The zero-order valence-corrected chi connectivity index (χ0v) is 26.2. The Hall–Kier alpha value is -3.08. The van der Waals surface area contributed by atoms with Gasteiger partial charge < -0.3 is 24.2 Å². The maximum Gasteiger partial charge on any atom is 0.328 e. The fourth-order valence-electron chi connectivity index (χ4n) is 9.62. The van der Waals surface area contributed by atoms with E-state index in [1.807, 2.05) is 13.0 Å². The van der Waals surface area contributed by atoms with Crippen LogP contribution in [0.1, 0.15) is 91.4 Å². The molecule has 0 aromatic heterocycles. The number of ether oxygens (including phenoxy) is 3. The van der Waals surface area contributed by atoms with Gasteiger partial charge >= 0.3 is 17.9 Å². The van der Waals surface area contributed by atoms with Crippen molar-refractivity contribution >= 4 is 35.4 Å². The van der Waals surface area contributed by atoms with Crippen LogP contribution in [0.15, 0.2) is 11.6 Å². The van der Waals surface area contributed by atoms with Gasteiger partial charge in [-0.05, 0) is 74.2 Å². The third-order valence-electron chi connectivity index (χ3n) is 11.8. The molecule has 1 heterocycles. The highest BCUT2D eigenvalue weighted by Crippen LogP contribution is 2.68. The number of carbonyl (C=O) groups is 6. The number of carbonyl (C=O) groups excluding carboxylic acids is 6. The average molecular weight is 616 g/mol. The van der Waals surface area contributed by atoms with E-state index < -0.39 is 59.4 Å². The molecule has 11 heteroatoms. The van der Waals surface area contributed by atoms with Gasteiger partial charge in [-0.15, -0.1) is 0 Å². The highest BCUT2D eigenvalue weighted by molar-refractivity contribution is 5.94. The molecule has 242 valence electrons. The van der Waals surface area contributed by atoms with E-state index in [0.29, 0.717) is 31.1 Å². The summed E-state index contributed by atoms with van der Waals surface area (Å²) in [6.07, 6.45) is 6.30. The van der Waals surface area contributed by atoms with E-state index >= 15 is 0 Å². The predicted molar refractivity (Wildman–Crippen MR) is 155 cm³/mol. The number of methoxy groups -OCH3 is 1. The Labute approximate surface area is 258 Å². The lowest BCUT2D eigenvalue weighted by Crippen LogP contribution is -2.59. The summed E-state index contributed by atoms with van der Waals surface area (Å²) < 4.78 is 16.0. The van der Waals surface area contributed by atoms with Gasteiger partial charge in [-0.3, -0.25) is 24.0 Å². The zero-order valence-electron chi connectivity index (χ0n) is 26.2. The first-order valence-electron chi connectivity index (χ1n) is 15.9. The van der Waals surface area contributed by atoms with Crippen molar-refractivity contribution in [3.05, 3.63) is 11.6 Å². The van der Waals surface area contributed by atoms with Crippen LogP contribution in [-0.2, 0) is 43.0 Å². The Morgan fingerprint density at radius 3 is 2.43 bits per heavy atom. The van der Waals surface area contributed by atoms with Crippen LogP contribution in [0.4, 0.5) is 0 Å². The Morgan fingerprint density at radius 2 is 1.73 bits per heavy atom. The van der Waals surface area contributed by atoms with E-state index in [9.17, 15) is 33.9 Å². The lowest BCUT2D eigenvalue weighted by Gasteiger charge is -2.59. The third kappa shape index (κ3) is 5.39. The molecule has 11 nitrogen and oxygen atoms in total. The standard InChI is InChI=1S/C33H45NO10/c1-19(35)44-33(27(38)18-43-29(40)8-7-28(39)34-17-22(37)16-26(34)30(41)42-4)14-11-25-23-6-5-20-15-21(36)9-12-31(20,2)24(23)10-13-32(25,33)3/h15,22-26,37H,5-14,16-18H2,1-4H3/t22-,23+,24-,25+,26-,31-,32-,33-/m0/s1. The molecular formula is C33H45NO10. The number of aliphatic hydroxyl groups is 1. The van der Waals surface area contributed by atoms with E-state index in [2.05, 4.69) is 6.92 Å². The minimum atomic E-state index is -1.41. The number of β-amino-alcohol motifs (C(OH)–C–C–N with tert-alkyl or cyclic N) is 1. The van der Waals surface area contributed by atoms with E-state index in [1.54, 1.807) is 0 Å². The summed E-state index contributed by atoms with van der Waals surface area (Å²) in [6.45, 7) is 5.02. The molecule has 1 saturated heterocycles. The number of nitrogens with zero attached hydrogens (tertiary/aromatic N) is 1. The third-order valence-corrected chi connectivity index (χ3v) is 11.8. The van der Waals surface area contributed by atoms with Gasteiger partial charge in [0, 0.05) is 38.1 Å². The Balaban J connectivity index is 1.25. The zero-order chi connectivity index (χ0) is 32.0. The number of aliphatic hydroxyl groups excluding tert-OH is 1. The largest absolute Gasteiger partial charge is 0.467 e. The molecule has 0 radical (unpaired) electrons. The van der Waals surface area contributed by atoms with Crippen LogP contribution >= 0.6 is 0 Å². The van der Waals surface area contributed by atoms with Gasteiger partial charge in [0.15, 0.2) is 18.0 Å². The van der Waals surface area contributed by atoms with Gasteiger partial charge in [-0.25, -0.2) is 4.79 Å². The van der Waals surface area contributed by atoms with Crippen molar-refractivity contribution in [3.63, 3.8) is 0 Å². The first-order chi connectivity index (χ1) is 20.8. The van der Waals surface area contributed by atoms with Gasteiger partial charge in [0.05, 0.1) is 19.6 Å². The quantitative estimate of drug-likeness (QED) is 0.319. The second-order valence-corrected chi connectivity index (χ2v) is 13.9. The minimum Gasteiger partial charge on any atom is -0.467 e. The number of Topliss-reactive ketones (excluding diaryl/α,β-unsaturated/α-hetero) is 1. The molecule has 0 bridgehead atoms. The topological polar surface area (TPSA) is 154 Å². The number of rotatable bonds is 8. The van der Waals surface area contributed by atoms with Gasteiger partial charge in [-0.1, -0.05) is 19.4 Å². The number of amides is 1. The highest BCUT2D eigenvalue weighted by atomic mass is 16.6. The molecule has 3 saturated carbocycles. The average Bonchev–Trinajstić information content (AvgIpc) is 3.52.